The largest absolute Gasteiger partial charge is 0.396 e. The third-order valence-electron chi connectivity index (χ3n) is 3.77. The lowest BCUT2D eigenvalue weighted by atomic mass is 10.1. The SMILES string of the molecule is CN(CC1CCCN1C)c1cccc(C#N)c1N. The fourth-order valence-electron chi connectivity index (χ4n) is 2.61. The van der Waals surface area contributed by atoms with Gasteiger partial charge in [-0.2, -0.15) is 5.26 Å². The number of hydrogen-bond acceptors (Lipinski definition) is 4. The molecule has 2 rings (SSSR count). The van der Waals surface area contributed by atoms with Crippen LogP contribution in [0.4, 0.5) is 11.4 Å². The summed E-state index contributed by atoms with van der Waals surface area (Å²) in [6.45, 7) is 2.13. The van der Waals surface area contributed by atoms with Crippen molar-refractivity contribution in [2.75, 3.05) is 37.8 Å². The first kappa shape index (κ1) is 12.7. The summed E-state index contributed by atoms with van der Waals surface area (Å²) in [5.74, 6) is 0. The minimum absolute atomic E-state index is 0.555. The molecule has 0 saturated carbocycles. The van der Waals surface area contributed by atoms with E-state index in [1.807, 2.05) is 19.2 Å². The van der Waals surface area contributed by atoms with Crippen LogP contribution in [0.25, 0.3) is 0 Å². The van der Waals surface area contributed by atoms with Crippen LogP contribution >= 0.6 is 0 Å². The van der Waals surface area contributed by atoms with E-state index in [0.717, 1.165) is 12.2 Å². The summed E-state index contributed by atoms with van der Waals surface area (Å²) < 4.78 is 0. The van der Waals surface area contributed by atoms with Gasteiger partial charge in [0.1, 0.15) is 6.07 Å². The highest BCUT2D eigenvalue weighted by atomic mass is 15.2. The van der Waals surface area contributed by atoms with E-state index in [1.54, 1.807) is 6.07 Å². The molecule has 1 aliphatic heterocycles. The van der Waals surface area contributed by atoms with Gasteiger partial charge in [-0.1, -0.05) is 6.07 Å². The number of likely N-dealkylation sites (N-methyl/N-ethyl adjacent to an activating group) is 2. The lowest BCUT2D eigenvalue weighted by molar-refractivity contribution is 0.314. The van der Waals surface area contributed by atoms with Gasteiger partial charge in [-0.25, -0.2) is 0 Å². The second-order valence-corrected chi connectivity index (χ2v) is 5.01. The number of nitrogens with zero attached hydrogens (tertiary/aromatic N) is 3. The molecule has 4 nitrogen and oxygen atoms in total. The predicted octanol–water partition coefficient (Wildman–Crippen LogP) is 1.67. The molecular formula is C14H20N4. The number of para-hydroxylation sites is 1. The van der Waals surface area contributed by atoms with Gasteiger partial charge in [0.25, 0.3) is 0 Å². The molecule has 1 fully saturated rings. The number of nitrogens with two attached hydrogens (primary N) is 1. The maximum atomic E-state index is 8.99. The van der Waals surface area contributed by atoms with Gasteiger partial charge in [-0.05, 0) is 38.6 Å². The molecule has 1 saturated heterocycles. The molecule has 0 aromatic heterocycles. The van der Waals surface area contributed by atoms with Crippen LogP contribution < -0.4 is 10.6 Å². The molecule has 1 atom stereocenters. The van der Waals surface area contributed by atoms with Gasteiger partial charge in [0.15, 0.2) is 0 Å². The first-order chi connectivity index (χ1) is 8.63. The molecule has 0 radical (unpaired) electrons. The normalized spacial score (nSPS) is 19.7. The molecule has 2 N–H and O–H groups in total. The molecule has 0 spiro atoms. The van der Waals surface area contributed by atoms with Gasteiger partial charge in [0.05, 0.1) is 16.9 Å². The van der Waals surface area contributed by atoms with Crippen molar-refractivity contribution in [2.45, 2.75) is 18.9 Å². The van der Waals surface area contributed by atoms with Crippen LogP contribution in [-0.2, 0) is 0 Å². The zero-order chi connectivity index (χ0) is 13.1. The Balaban J connectivity index is 2.14. The van der Waals surface area contributed by atoms with Crippen molar-refractivity contribution < 1.29 is 0 Å². The topological polar surface area (TPSA) is 56.3 Å². The maximum absolute atomic E-state index is 8.99. The molecule has 1 aliphatic rings. The third-order valence-corrected chi connectivity index (χ3v) is 3.77. The number of benzene rings is 1. The van der Waals surface area contributed by atoms with Crippen LogP contribution in [0.5, 0.6) is 0 Å². The fourth-order valence-corrected chi connectivity index (χ4v) is 2.61. The number of nitrogen functional groups attached to an aromatic ring is 1. The van der Waals surface area contributed by atoms with Crippen molar-refractivity contribution in [3.05, 3.63) is 23.8 Å². The highest BCUT2D eigenvalue weighted by Crippen LogP contribution is 2.26. The minimum Gasteiger partial charge on any atom is -0.396 e. The van der Waals surface area contributed by atoms with Crippen LogP contribution in [-0.4, -0.2) is 38.1 Å². The maximum Gasteiger partial charge on any atom is 0.101 e. The lowest BCUT2D eigenvalue weighted by Crippen LogP contribution is -2.36. The minimum atomic E-state index is 0.555. The molecule has 0 bridgehead atoms. The Kier molecular flexibility index (Phi) is 3.73. The smallest absolute Gasteiger partial charge is 0.101 e. The zero-order valence-corrected chi connectivity index (χ0v) is 11.1. The average molecular weight is 244 g/mol. The van der Waals surface area contributed by atoms with Gasteiger partial charge in [-0.15, -0.1) is 0 Å². The van der Waals surface area contributed by atoms with E-state index in [9.17, 15) is 0 Å². The average Bonchev–Trinajstić information content (AvgIpc) is 2.75. The van der Waals surface area contributed by atoms with Crippen LogP contribution in [0.1, 0.15) is 18.4 Å². The van der Waals surface area contributed by atoms with Gasteiger partial charge >= 0.3 is 0 Å². The fraction of sp³-hybridized carbons (Fsp3) is 0.500. The predicted molar refractivity (Wildman–Crippen MR) is 74.5 cm³/mol. The van der Waals surface area contributed by atoms with Crippen LogP contribution in [0.2, 0.25) is 0 Å². The summed E-state index contributed by atoms with van der Waals surface area (Å²) in [5.41, 5.74) is 8.12. The van der Waals surface area contributed by atoms with E-state index >= 15 is 0 Å². The molecule has 1 aromatic rings. The van der Waals surface area contributed by atoms with E-state index in [4.69, 9.17) is 11.0 Å². The van der Waals surface area contributed by atoms with Crippen molar-refractivity contribution in [1.29, 1.82) is 5.26 Å². The van der Waals surface area contributed by atoms with Crippen molar-refractivity contribution in [1.82, 2.24) is 4.90 Å². The number of rotatable bonds is 3. The van der Waals surface area contributed by atoms with Crippen molar-refractivity contribution >= 4 is 11.4 Å². The number of hydrogen-bond donors (Lipinski definition) is 1. The van der Waals surface area contributed by atoms with E-state index < -0.39 is 0 Å². The molecular weight excluding hydrogens is 224 g/mol. The second-order valence-electron chi connectivity index (χ2n) is 5.01. The highest BCUT2D eigenvalue weighted by molar-refractivity contribution is 5.73. The van der Waals surface area contributed by atoms with Crippen LogP contribution in [0, 0.1) is 11.3 Å². The summed E-state index contributed by atoms with van der Waals surface area (Å²) in [4.78, 5) is 4.55. The summed E-state index contributed by atoms with van der Waals surface area (Å²) in [7, 11) is 4.21. The number of nitriles is 1. The molecule has 0 aliphatic carbocycles. The van der Waals surface area contributed by atoms with E-state index in [-0.39, 0.29) is 0 Å². The first-order valence-electron chi connectivity index (χ1n) is 6.33. The van der Waals surface area contributed by atoms with Gasteiger partial charge in [-0.3, -0.25) is 0 Å². The Labute approximate surface area is 109 Å². The first-order valence-corrected chi connectivity index (χ1v) is 6.33. The van der Waals surface area contributed by atoms with Gasteiger partial charge in [0, 0.05) is 19.6 Å². The quantitative estimate of drug-likeness (QED) is 0.822. The number of anilines is 2. The second kappa shape index (κ2) is 5.28. The van der Waals surface area contributed by atoms with Gasteiger partial charge < -0.3 is 15.5 Å². The van der Waals surface area contributed by atoms with Gasteiger partial charge in [0.2, 0.25) is 0 Å². The Hall–Kier alpha value is -1.73. The number of likely N-dealkylation sites (tertiary alicyclic amines) is 1. The van der Waals surface area contributed by atoms with E-state index in [1.165, 1.54) is 19.4 Å². The molecule has 0 amide bonds. The third kappa shape index (κ3) is 2.41. The van der Waals surface area contributed by atoms with Crippen LogP contribution in [0.3, 0.4) is 0 Å². The summed E-state index contributed by atoms with van der Waals surface area (Å²) >= 11 is 0. The molecule has 1 aromatic carbocycles. The highest BCUT2D eigenvalue weighted by Gasteiger charge is 2.22. The summed E-state index contributed by atoms with van der Waals surface area (Å²) in [5, 5.41) is 8.99. The zero-order valence-electron chi connectivity index (χ0n) is 11.1. The van der Waals surface area contributed by atoms with Crippen molar-refractivity contribution in [3.63, 3.8) is 0 Å². The Bertz CT molecular complexity index is 463. The Morgan fingerprint density at radius 3 is 2.94 bits per heavy atom. The Morgan fingerprint density at radius 2 is 2.33 bits per heavy atom. The van der Waals surface area contributed by atoms with Crippen molar-refractivity contribution in [3.8, 4) is 6.07 Å². The molecule has 1 unspecified atom stereocenters. The van der Waals surface area contributed by atoms with Crippen molar-refractivity contribution in [2.24, 2.45) is 0 Å². The standard InChI is InChI=1S/C14H20N4/c1-17-8-4-6-12(17)10-18(2)13-7-3-5-11(9-15)14(13)16/h3,5,7,12H,4,6,8,10,16H2,1-2H3. The lowest BCUT2D eigenvalue weighted by Gasteiger charge is -2.28. The van der Waals surface area contributed by atoms with E-state index in [2.05, 4.69) is 22.9 Å². The monoisotopic (exact) mass is 244 g/mol. The summed E-state index contributed by atoms with van der Waals surface area (Å²) in [6.07, 6.45) is 2.50. The molecule has 1 heterocycles. The van der Waals surface area contributed by atoms with Crippen LogP contribution in [0.15, 0.2) is 18.2 Å². The molecule has 18 heavy (non-hydrogen) atoms. The van der Waals surface area contributed by atoms with E-state index in [0.29, 0.717) is 17.3 Å². The molecule has 4 heteroatoms. The summed E-state index contributed by atoms with van der Waals surface area (Å²) in [6, 6.07) is 8.34. The Morgan fingerprint density at radius 1 is 1.56 bits per heavy atom. The molecule has 96 valence electrons.